The molecule has 1 atom stereocenters. The number of hydrogen-bond donors (Lipinski definition) is 1. The number of rotatable bonds is 4. The first-order valence-electron chi connectivity index (χ1n) is 4.61. The van der Waals surface area contributed by atoms with Gasteiger partial charge in [-0.2, -0.15) is 0 Å². The average Bonchev–Trinajstić information content (AvgIpc) is 2.84. The summed E-state index contributed by atoms with van der Waals surface area (Å²) in [5.41, 5.74) is 1.84. The summed E-state index contributed by atoms with van der Waals surface area (Å²) in [4.78, 5) is 5.25. The Morgan fingerprint density at radius 2 is 2.53 bits per heavy atom. The highest BCUT2D eigenvalue weighted by Crippen LogP contribution is 2.24. The van der Waals surface area contributed by atoms with E-state index in [1.807, 2.05) is 17.8 Å². The van der Waals surface area contributed by atoms with Gasteiger partial charge in [0.2, 0.25) is 0 Å². The van der Waals surface area contributed by atoms with Crippen LogP contribution in [0.5, 0.6) is 0 Å². The fourth-order valence-corrected chi connectivity index (χ4v) is 2.38. The van der Waals surface area contributed by atoms with Crippen LogP contribution in [0.1, 0.15) is 23.6 Å². The molecule has 0 radical (unpaired) electrons. The molecular formula is C10H11BrN2OS. The molecule has 0 saturated carbocycles. The van der Waals surface area contributed by atoms with Crippen molar-refractivity contribution in [1.82, 2.24) is 10.3 Å². The lowest BCUT2D eigenvalue weighted by Gasteiger charge is -2.10. The molecule has 0 aliphatic heterocycles. The Kier molecular flexibility index (Phi) is 3.56. The molecule has 1 N–H and O–H groups in total. The van der Waals surface area contributed by atoms with Gasteiger partial charge in [-0.1, -0.05) is 0 Å². The Hall–Kier alpha value is -0.650. The van der Waals surface area contributed by atoms with Crippen LogP contribution in [0.2, 0.25) is 0 Å². The number of thiazole rings is 1. The molecule has 2 aromatic rings. The van der Waals surface area contributed by atoms with Gasteiger partial charge in [0, 0.05) is 17.6 Å². The Morgan fingerprint density at radius 3 is 3.13 bits per heavy atom. The Morgan fingerprint density at radius 1 is 1.67 bits per heavy atom. The van der Waals surface area contributed by atoms with Crippen LogP contribution in [0.4, 0.5) is 0 Å². The predicted octanol–water partition coefficient (Wildman–Crippen LogP) is 3.35. The molecule has 80 valence electrons. The van der Waals surface area contributed by atoms with Gasteiger partial charge in [-0.15, -0.1) is 11.3 Å². The summed E-state index contributed by atoms with van der Waals surface area (Å²) < 4.78 is 6.38. The van der Waals surface area contributed by atoms with Gasteiger partial charge in [0.25, 0.3) is 0 Å². The van der Waals surface area contributed by atoms with Gasteiger partial charge in [-0.05, 0) is 28.9 Å². The van der Waals surface area contributed by atoms with Gasteiger partial charge in [-0.3, -0.25) is 4.98 Å². The lowest BCUT2D eigenvalue weighted by Crippen LogP contribution is -2.17. The number of nitrogens with one attached hydrogen (secondary N) is 1. The quantitative estimate of drug-likeness (QED) is 0.937. The van der Waals surface area contributed by atoms with E-state index in [2.05, 4.69) is 33.2 Å². The van der Waals surface area contributed by atoms with Gasteiger partial charge in [0.15, 0.2) is 0 Å². The molecule has 0 amide bonds. The van der Waals surface area contributed by atoms with Gasteiger partial charge in [0.05, 0.1) is 22.3 Å². The topological polar surface area (TPSA) is 38.1 Å². The third-order valence-corrected chi connectivity index (χ3v) is 3.54. The number of aromatic nitrogens is 1. The third kappa shape index (κ3) is 2.68. The molecule has 15 heavy (non-hydrogen) atoms. The molecule has 0 aliphatic rings. The van der Waals surface area contributed by atoms with Crippen LogP contribution in [0.3, 0.4) is 0 Å². The highest BCUT2D eigenvalue weighted by Gasteiger charge is 2.12. The molecule has 5 heteroatoms. The number of hydrogen-bond acceptors (Lipinski definition) is 4. The number of nitrogens with zero attached hydrogens (tertiary/aromatic N) is 1. The molecule has 0 aromatic carbocycles. The van der Waals surface area contributed by atoms with Crippen molar-refractivity contribution in [2.45, 2.75) is 19.5 Å². The highest BCUT2D eigenvalue weighted by molar-refractivity contribution is 9.10. The molecule has 0 bridgehead atoms. The van der Waals surface area contributed by atoms with Crippen LogP contribution in [0.15, 0.2) is 32.9 Å². The maximum absolute atomic E-state index is 5.37. The van der Waals surface area contributed by atoms with Gasteiger partial charge in [0.1, 0.15) is 5.76 Å². The highest BCUT2D eigenvalue weighted by atomic mass is 79.9. The Bertz CT molecular complexity index is 413. The molecule has 0 saturated heterocycles. The Labute approximate surface area is 101 Å². The maximum Gasteiger partial charge on any atom is 0.134 e. The van der Waals surface area contributed by atoms with Crippen LogP contribution in [-0.4, -0.2) is 4.98 Å². The number of furan rings is 1. The van der Waals surface area contributed by atoms with Crippen LogP contribution in [0.25, 0.3) is 0 Å². The molecule has 2 rings (SSSR count). The molecule has 2 heterocycles. The van der Waals surface area contributed by atoms with Crippen molar-refractivity contribution >= 4 is 27.3 Å². The maximum atomic E-state index is 5.37. The van der Waals surface area contributed by atoms with Gasteiger partial charge >= 0.3 is 0 Å². The number of halogens is 1. The lowest BCUT2D eigenvalue weighted by atomic mass is 10.2. The van der Waals surface area contributed by atoms with Gasteiger partial charge < -0.3 is 9.73 Å². The zero-order valence-electron chi connectivity index (χ0n) is 8.24. The van der Waals surface area contributed by atoms with Crippen molar-refractivity contribution in [1.29, 1.82) is 0 Å². The van der Waals surface area contributed by atoms with E-state index in [1.54, 1.807) is 17.6 Å². The fourth-order valence-electron chi connectivity index (χ4n) is 1.29. The molecule has 1 unspecified atom stereocenters. The van der Waals surface area contributed by atoms with Crippen LogP contribution >= 0.6 is 27.3 Å². The zero-order valence-corrected chi connectivity index (χ0v) is 10.6. The smallest absolute Gasteiger partial charge is 0.134 e. The van der Waals surface area contributed by atoms with Crippen molar-refractivity contribution in [3.63, 3.8) is 0 Å². The summed E-state index contributed by atoms with van der Waals surface area (Å²) in [5.74, 6) is 0.930. The summed E-state index contributed by atoms with van der Waals surface area (Å²) in [7, 11) is 0. The lowest BCUT2D eigenvalue weighted by molar-refractivity contribution is 0.429. The summed E-state index contributed by atoms with van der Waals surface area (Å²) in [6.45, 7) is 2.89. The summed E-state index contributed by atoms with van der Waals surface area (Å²) in [5, 5.41) is 3.37. The standard InChI is InChI=1S/C10H11BrN2OS/c1-7(10-9(11)2-3-14-10)13-5-8-4-12-6-15-8/h2-4,6-7,13H,5H2,1H3. The predicted molar refractivity (Wildman–Crippen MR) is 63.8 cm³/mol. The van der Waals surface area contributed by atoms with E-state index in [0.29, 0.717) is 0 Å². The molecule has 0 spiro atoms. The first-order valence-corrected chi connectivity index (χ1v) is 6.28. The molecule has 3 nitrogen and oxygen atoms in total. The first kappa shape index (κ1) is 10.9. The molecule has 2 aromatic heterocycles. The average molecular weight is 287 g/mol. The van der Waals surface area contributed by atoms with E-state index in [0.717, 1.165) is 16.8 Å². The molecular weight excluding hydrogens is 276 g/mol. The van der Waals surface area contributed by atoms with Crippen molar-refractivity contribution in [3.8, 4) is 0 Å². The van der Waals surface area contributed by atoms with E-state index in [-0.39, 0.29) is 6.04 Å². The Balaban J connectivity index is 1.93. The van der Waals surface area contributed by atoms with Crippen molar-refractivity contribution < 1.29 is 4.42 Å². The summed E-state index contributed by atoms with van der Waals surface area (Å²) >= 11 is 5.09. The van der Waals surface area contributed by atoms with E-state index in [1.165, 1.54) is 4.88 Å². The monoisotopic (exact) mass is 286 g/mol. The molecule has 0 fully saturated rings. The SMILES string of the molecule is CC(NCc1cncs1)c1occc1Br. The van der Waals surface area contributed by atoms with E-state index in [9.17, 15) is 0 Å². The van der Waals surface area contributed by atoms with Crippen molar-refractivity contribution in [3.05, 3.63) is 39.1 Å². The largest absolute Gasteiger partial charge is 0.466 e. The minimum absolute atomic E-state index is 0.191. The summed E-state index contributed by atoms with van der Waals surface area (Å²) in [6, 6.07) is 2.09. The van der Waals surface area contributed by atoms with E-state index in [4.69, 9.17) is 4.42 Å². The van der Waals surface area contributed by atoms with Gasteiger partial charge in [-0.25, -0.2) is 0 Å². The van der Waals surface area contributed by atoms with Crippen LogP contribution < -0.4 is 5.32 Å². The van der Waals surface area contributed by atoms with Crippen molar-refractivity contribution in [2.75, 3.05) is 0 Å². The van der Waals surface area contributed by atoms with E-state index < -0.39 is 0 Å². The fraction of sp³-hybridized carbons (Fsp3) is 0.300. The third-order valence-electron chi connectivity index (χ3n) is 2.10. The van der Waals surface area contributed by atoms with Crippen LogP contribution in [-0.2, 0) is 6.54 Å². The second-order valence-electron chi connectivity index (χ2n) is 3.20. The van der Waals surface area contributed by atoms with Crippen LogP contribution in [0, 0.1) is 0 Å². The minimum Gasteiger partial charge on any atom is -0.466 e. The second kappa shape index (κ2) is 4.92. The minimum atomic E-state index is 0.191. The summed E-state index contributed by atoms with van der Waals surface area (Å²) in [6.07, 6.45) is 3.56. The van der Waals surface area contributed by atoms with Crippen molar-refractivity contribution in [2.24, 2.45) is 0 Å². The first-order chi connectivity index (χ1) is 7.27. The normalized spacial score (nSPS) is 12.9. The second-order valence-corrected chi connectivity index (χ2v) is 5.03. The zero-order chi connectivity index (χ0) is 10.7. The van der Waals surface area contributed by atoms with E-state index >= 15 is 0 Å². The molecule has 0 aliphatic carbocycles.